The molecule has 1 saturated heterocycles. The van der Waals surface area contributed by atoms with Crippen molar-refractivity contribution >= 4 is 28.8 Å². The highest BCUT2D eigenvalue weighted by molar-refractivity contribution is 7.14. The smallest absolute Gasteiger partial charge is 0.265 e. The van der Waals surface area contributed by atoms with Crippen LogP contribution >= 0.6 is 11.3 Å². The average Bonchev–Trinajstić information content (AvgIpc) is 3.48. The van der Waals surface area contributed by atoms with Crippen LogP contribution in [0.15, 0.2) is 40.8 Å². The minimum absolute atomic E-state index is 0.120. The van der Waals surface area contributed by atoms with Crippen LogP contribution in [-0.4, -0.2) is 29.5 Å². The Balaban J connectivity index is 1.44. The number of aryl methyl sites for hydroxylation is 2. The van der Waals surface area contributed by atoms with E-state index in [0.717, 1.165) is 23.3 Å². The number of ether oxygens (including phenoxy) is 1. The second kappa shape index (κ2) is 8.81. The maximum Gasteiger partial charge on any atom is 0.265 e. The Hall–Kier alpha value is -2.97. The summed E-state index contributed by atoms with van der Waals surface area (Å²) in [6.07, 6.45) is 1.28. The summed E-state index contributed by atoms with van der Waals surface area (Å²) in [5.74, 6) is 0.814. The second-order valence-corrected chi connectivity index (χ2v) is 8.47. The van der Waals surface area contributed by atoms with E-state index < -0.39 is 0 Å². The molecule has 1 aromatic carbocycles. The average molecular weight is 426 g/mol. The van der Waals surface area contributed by atoms with Crippen molar-refractivity contribution in [1.82, 2.24) is 10.3 Å². The van der Waals surface area contributed by atoms with Crippen LogP contribution in [0.5, 0.6) is 0 Å². The van der Waals surface area contributed by atoms with Gasteiger partial charge >= 0.3 is 0 Å². The monoisotopic (exact) mass is 425 g/mol. The summed E-state index contributed by atoms with van der Waals surface area (Å²) >= 11 is 1.45. The van der Waals surface area contributed by atoms with Gasteiger partial charge in [0.2, 0.25) is 11.8 Å². The summed E-state index contributed by atoms with van der Waals surface area (Å²) in [5.41, 5.74) is 2.07. The van der Waals surface area contributed by atoms with E-state index in [1.165, 1.54) is 11.3 Å². The third kappa shape index (κ3) is 4.60. The number of oxazole rings is 1. The van der Waals surface area contributed by atoms with E-state index in [9.17, 15) is 9.59 Å². The van der Waals surface area contributed by atoms with Gasteiger partial charge in [-0.3, -0.25) is 9.59 Å². The first-order chi connectivity index (χ1) is 14.5. The molecule has 30 heavy (non-hydrogen) atoms. The highest BCUT2D eigenvalue weighted by Crippen LogP contribution is 2.25. The van der Waals surface area contributed by atoms with Crippen molar-refractivity contribution in [3.05, 3.63) is 57.6 Å². The predicted molar refractivity (Wildman–Crippen MR) is 115 cm³/mol. The van der Waals surface area contributed by atoms with Crippen molar-refractivity contribution in [2.75, 3.05) is 11.9 Å². The lowest BCUT2D eigenvalue weighted by Gasteiger charge is -2.09. The van der Waals surface area contributed by atoms with Gasteiger partial charge in [0.1, 0.15) is 17.6 Å². The molecule has 1 aliphatic rings. The molecule has 1 aliphatic heterocycles. The second-order valence-electron chi connectivity index (χ2n) is 7.19. The van der Waals surface area contributed by atoms with Crippen LogP contribution in [-0.2, 0) is 16.1 Å². The number of hydrogen-bond donors (Lipinski definition) is 2. The summed E-state index contributed by atoms with van der Waals surface area (Å²) in [4.78, 5) is 30.8. The van der Waals surface area contributed by atoms with Gasteiger partial charge in [0.25, 0.3) is 5.91 Å². The summed E-state index contributed by atoms with van der Waals surface area (Å²) in [7, 11) is 0. The molecule has 1 fully saturated rings. The number of amides is 2. The fraction of sp³-hybridized carbons (Fsp3) is 0.318. The highest BCUT2D eigenvalue weighted by atomic mass is 32.1. The van der Waals surface area contributed by atoms with E-state index in [1.54, 1.807) is 0 Å². The number of nitrogens with zero attached hydrogens (tertiary/aromatic N) is 1. The van der Waals surface area contributed by atoms with Crippen LogP contribution in [0.2, 0.25) is 0 Å². The number of carbonyl (C=O) groups excluding carboxylic acids is 2. The van der Waals surface area contributed by atoms with Gasteiger partial charge in [-0.05, 0) is 57.0 Å². The molecule has 1 atom stereocenters. The highest BCUT2D eigenvalue weighted by Gasteiger charge is 2.24. The van der Waals surface area contributed by atoms with Crippen LogP contribution in [0.3, 0.4) is 0 Å². The zero-order valence-corrected chi connectivity index (χ0v) is 17.7. The van der Waals surface area contributed by atoms with Crippen LogP contribution in [0.1, 0.15) is 38.8 Å². The molecule has 3 aromatic rings. The topological polar surface area (TPSA) is 93.5 Å². The summed E-state index contributed by atoms with van der Waals surface area (Å²) < 4.78 is 11.2. The van der Waals surface area contributed by atoms with Gasteiger partial charge in [0, 0.05) is 22.7 Å². The van der Waals surface area contributed by atoms with Gasteiger partial charge in [0.15, 0.2) is 0 Å². The first kappa shape index (κ1) is 20.3. The Morgan fingerprint density at radius 1 is 1.23 bits per heavy atom. The van der Waals surface area contributed by atoms with E-state index in [4.69, 9.17) is 9.15 Å². The fourth-order valence-corrected chi connectivity index (χ4v) is 4.03. The number of rotatable bonds is 6. The fourth-order valence-electron chi connectivity index (χ4n) is 3.26. The van der Waals surface area contributed by atoms with E-state index in [1.807, 2.05) is 50.2 Å². The van der Waals surface area contributed by atoms with Crippen molar-refractivity contribution < 1.29 is 18.7 Å². The maximum atomic E-state index is 12.4. The van der Waals surface area contributed by atoms with Crippen LogP contribution in [0, 0.1) is 13.8 Å². The molecular formula is C22H23N3O4S. The molecule has 0 unspecified atom stereocenters. The lowest BCUT2D eigenvalue weighted by atomic mass is 10.2. The van der Waals surface area contributed by atoms with Crippen molar-refractivity contribution in [2.45, 2.75) is 39.3 Å². The molecule has 0 saturated carbocycles. The Morgan fingerprint density at radius 2 is 2.10 bits per heavy atom. The molecule has 7 nitrogen and oxygen atoms in total. The van der Waals surface area contributed by atoms with E-state index in [-0.39, 0.29) is 24.5 Å². The minimum Gasteiger partial charge on any atom is -0.441 e. The normalized spacial score (nSPS) is 15.9. The standard InChI is InChI=1S/C22H23N3O4S/c1-13-8-9-19(30-13)21(27)24-16-6-3-5-15(11-16)22-25-17(14(2)29-22)12-23-20(26)18-7-4-10-28-18/h3,5-6,8-9,11,18H,4,7,10,12H2,1-2H3,(H,23,26)(H,24,27)/t18-/m1/s1. The molecule has 2 amide bonds. The van der Waals surface area contributed by atoms with Crippen molar-refractivity contribution in [3.63, 3.8) is 0 Å². The first-order valence-electron chi connectivity index (χ1n) is 9.83. The van der Waals surface area contributed by atoms with Gasteiger partial charge in [-0.15, -0.1) is 11.3 Å². The molecule has 2 aromatic heterocycles. The Bertz CT molecular complexity index is 1070. The predicted octanol–water partition coefficient (Wildman–Crippen LogP) is 4.07. The Morgan fingerprint density at radius 3 is 2.83 bits per heavy atom. The molecule has 2 N–H and O–H groups in total. The van der Waals surface area contributed by atoms with E-state index in [0.29, 0.717) is 34.5 Å². The maximum absolute atomic E-state index is 12.4. The summed E-state index contributed by atoms with van der Waals surface area (Å²) in [6.45, 7) is 4.69. The van der Waals surface area contributed by atoms with Gasteiger partial charge in [-0.2, -0.15) is 0 Å². The van der Waals surface area contributed by atoms with Gasteiger partial charge in [0.05, 0.1) is 11.4 Å². The molecule has 4 rings (SSSR count). The number of nitrogens with one attached hydrogen (secondary N) is 2. The number of carbonyl (C=O) groups is 2. The zero-order chi connectivity index (χ0) is 21.1. The minimum atomic E-state index is -0.371. The third-order valence-corrected chi connectivity index (χ3v) is 5.88. The van der Waals surface area contributed by atoms with Crippen LogP contribution in [0.4, 0.5) is 5.69 Å². The van der Waals surface area contributed by atoms with Crippen LogP contribution < -0.4 is 10.6 Å². The molecule has 0 aliphatic carbocycles. The third-order valence-electron chi connectivity index (χ3n) is 4.88. The van der Waals surface area contributed by atoms with Crippen LogP contribution in [0.25, 0.3) is 11.5 Å². The number of anilines is 1. The molecule has 0 bridgehead atoms. The molecule has 0 radical (unpaired) electrons. The largest absolute Gasteiger partial charge is 0.441 e. The molecular weight excluding hydrogens is 402 g/mol. The van der Waals surface area contributed by atoms with Crippen molar-refractivity contribution in [2.24, 2.45) is 0 Å². The lowest BCUT2D eigenvalue weighted by molar-refractivity contribution is -0.130. The number of thiophene rings is 1. The summed E-state index contributed by atoms with van der Waals surface area (Å²) in [5, 5.41) is 5.77. The number of benzene rings is 1. The quantitative estimate of drug-likeness (QED) is 0.621. The molecule has 156 valence electrons. The van der Waals surface area contributed by atoms with Crippen molar-refractivity contribution in [1.29, 1.82) is 0 Å². The summed E-state index contributed by atoms with van der Waals surface area (Å²) in [6, 6.07) is 11.1. The van der Waals surface area contributed by atoms with E-state index in [2.05, 4.69) is 15.6 Å². The SMILES string of the molecule is Cc1ccc(C(=O)Nc2cccc(-c3nc(CNC(=O)[C@H]4CCCO4)c(C)o3)c2)s1. The van der Waals surface area contributed by atoms with E-state index >= 15 is 0 Å². The van der Waals surface area contributed by atoms with Gasteiger partial charge in [-0.1, -0.05) is 6.07 Å². The van der Waals surface area contributed by atoms with Gasteiger partial charge in [-0.25, -0.2) is 4.98 Å². The lowest BCUT2D eigenvalue weighted by Crippen LogP contribution is -2.33. The Kier molecular flexibility index (Phi) is 5.96. The molecule has 0 spiro atoms. The van der Waals surface area contributed by atoms with Gasteiger partial charge < -0.3 is 19.8 Å². The zero-order valence-electron chi connectivity index (χ0n) is 16.9. The number of aromatic nitrogens is 1. The number of hydrogen-bond acceptors (Lipinski definition) is 6. The first-order valence-corrected chi connectivity index (χ1v) is 10.6. The Labute approximate surface area is 178 Å². The molecule has 8 heteroatoms. The van der Waals surface area contributed by atoms with Crippen molar-refractivity contribution in [3.8, 4) is 11.5 Å². The molecule has 3 heterocycles.